The molecule has 0 bridgehead atoms. The van der Waals surface area contributed by atoms with Crippen LogP contribution in [-0.2, 0) is 6.42 Å². The molecule has 0 aliphatic carbocycles. The van der Waals surface area contributed by atoms with Gasteiger partial charge in [0.05, 0.1) is 0 Å². The average molecular weight is 357 g/mol. The first-order valence-corrected chi connectivity index (χ1v) is 8.33. The lowest BCUT2D eigenvalue weighted by Crippen LogP contribution is -2.08. The lowest BCUT2D eigenvalue weighted by Gasteiger charge is -2.10. The van der Waals surface area contributed by atoms with Crippen LogP contribution in [0.15, 0.2) is 54.6 Å². The molecule has 0 radical (unpaired) electrons. The van der Waals surface area contributed by atoms with E-state index in [0.717, 1.165) is 29.5 Å². The number of nitrogens with one attached hydrogen (secondary N) is 2. The number of benzene rings is 2. The first kappa shape index (κ1) is 17.2. The van der Waals surface area contributed by atoms with Gasteiger partial charge in [0, 0.05) is 29.0 Å². The van der Waals surface area contributed by atoms with Gasteiger partial charge >= 0.3 is 0 Å². The van der Waals surface area contributed by atoms with Crippen LogP contribution in [-0.4, -0.2) is 16.5 Å². The lowest BCUT2D eigenvalue weighted by molar-refractivity contribution is 0.628. The fraction of sp³-hybridized carbons (Fsp3) is 0.158. The van der Waals surface area contributed by atoms with Crippen LogP contribution in [0, 0.1) is 12.7 Å². The number of nitrogens with zero attached hydrogens (tertiary/aromatic N) is 2. The average Bonchev–Trinajstić information content (AvgIpc) is 2.56. The summed E-state index contributed by atoms with van der Waals surface area (Å²) in [6, 6.07) is 15.9. The van der Waals surface area contributed by atoms with E-state index in [-0.39, 0.29) is 5.82 Å². The highest BCUT2D eigenvalue weighted by atomic mass is 35.5. The van der Waals surface area contributed by atoms with E-state index in [1.54, 1.807) is 12.1 Å². The highest BCUT2D eigenvalue weighted by Crippen LogP contribution is 2.17. The van der Waals surface area contributed by atoms with Crippen molar-refractivity contribution in [3.05, 3.63) is 76.7 Å². The Bertz CT molecular complexity index is 852. The third kappa shape index (κ3) is 5.16. The van der Waals surface area contributed by atoms with E-state index in [2.05, 4.69) is 20.6 Å². The lowest BCUT2D eigenvalue weighted by atomic mass is 10.1. The fourth-order valence-corrected chi connectivity index (χ4v) is 2.52. The second kappa shape index (κ2) is 7.94. The van der Waals surface area contributed by atoms with E-state index < -0.39 is 0 Å². The number of anilines is 3. The molecular weight excluding hydrogens is 339 g/mol. The van der Waals surface area contributed by atoms with Crippen molar-refractivity contribution in [1.29, 1.82) is 0 Å². The Hall–Kier alpha value is -2.66. The van der Waals surface area contributed by atoms with Gasteiger partial charge in [-0.25, -0.2) is 9.37 Å². The summed E-state index contributed by atoms with van der Waals surface area (Å²) < 4.78 is 13.3. The minimum atomic E-state index is -0.307. The van der Waals surface area contributed by atoms with Gasteiger partial charge in [-0.1, -0.05) is 29.8 Å². The molecule has 0 saturated heterocycles. The van der Waals surface area contributed by atoms with E-state index in [9.17, 15) is 4.39 Å². The Morgan fingerprint density at radius 3 is 2.60 bits per heavy atom. The number of hydrogen-bond acceptors (Lipinski definition) is 4. The molecule has 128 valence electrons. The monoisotopic (exact) mass is 356 g/mol. The van der Waals surface area contributed by atoms with E-state index in [4.69, 9.17) is 11.6 Å². The molecule has 0 fully saturated rings. The van der Waals surface area contributed by atoms with Gasteiger partial charge < -0.3 is 10.6 Å². The third-order valence-electron chi connectivity index (χ3n) is 3.57. The first-order chi connectivity index (χ1) is 12.1. The van der Waals surface area contributed by atoms with Gasteiger partial charge in [0.1, 0.15) is 11.6 Å². The van der Waals surface area contributed by atoms with Gasteiger partial charge in [-0.15, -0.1) is 0 Å². The molecule has 3 rings (SSSR count). The number of aryl methyl sites for hydroxylation is 1. The van der Waals surface area contributed by atoms with Gasteiger partial charge in [-0.05, 0) is 49.2 Å². The molecule has 0 saturated carbocycles. The molecule has 2 aromatic carbocycles. The topological polar surface area (TPSA) is 49.8 Å². The van der Waals surface area contributed by atoms with Crippen molar-refractivity contribution >= 4 is 29.1 Å². The predicted octanol–water partition coefficient (Wildman–Crippen LogP) is 4.98. The van der Waals surface area contributed by atoms with Crippen molar-refractivity contribution in [3.63, 3.8) is 0 Å². The quantitative estimate of drug-likeness (QED) is 0.654. The number of aromatic nitrogens is 2. The van der Waals surface area contributed by atoms with Crippen LogP contribution in [0.25, 0.3) is 0 Å². The summed E-state index contributed by atoms with van der Waals surface area (Å²) in [5, 5.41) is 7.04. The molecule has 0 amide bonds. The summed E-state index contributed by atoms with van der Waals surface area (Å²) in [5.74, 6) is 0.846. The summed E-state index contributed by atoms with van der Waals surface area (Å²) in [6.45, 7) is 2.63. The van der Waals surface area contributed by atoms with Gasteiger partial charge in [0.25, 0.3) is 0 Å². The van der Waals surface area contributed by atoms with Crippen molar-refractivity contribution in [2.24, 2.45) is 0 Å². The normalized spacial score (nSPS) is 10.5. The minimum Gasteiger partial charge on any atom is -0.370 e. The van der Waals surface area contributed by atoms with Crippen molar-refractivity contribution in [3.8, 4) is 0 Å². The summed E-state index contributed by atoms with van der Waals surface area (Å²) in [6.07, 6.45) is 0.854. The number of halogens is 2. The zero-order valence-electron chi connectivity index (χ0n) is 13.8. The van der Waals surface area contributed by atoms with Crippen molar-refractivity contribution < 1.29 is 4.39 Å². The first-order valence-electron chi connectivity index (χ1n) is 7.95. The van der Waals surface area contributed by atoms with Crippen LogP contribution in [0.1, 0.15) is 11.3 Å². The molecule has 0 unspecified atom stereocenters. The Labute approximate surface area is 151 Å². The zero-order chi connectivity index (χ0) is 17.6. The van der Waals surface area contributed by atoms with Gasteiger partial charge in [-0.3, -0.25) is 0 Å². The highest BCUT2D eigenvalue weighted by molar-refractivity contribution is 6.30. The number of hydrogen-bond donors (Lipinski definition) is 2. The number of rotatable bonds is 6. The molecule has 0 aliphatic heterocycles. The maximum atomic E-state index is 13.3. The van der Waals surface area contributed by atoms with Gasteiger partial charge in [-0.2, -0.15) is 4.98 Å². The minimum absolute atomic E-state index is 0.307. The summed E-state index contributed by atoms with van der Waals surface area (Å²) in [5.41, 5.74) is 2.63. The van der Waals surface area contributed by atoms with E-state index in [1.165, 1.54) is 17.7 Å². The summed E-state index contributed by atoms with van der Waals surface area (Å²) in [7, 11) is 0. The molecule has 2 N–H and O–H groups in total. The molecule has 0 aliphatic rings. The van der Waals surface area contributed by atoms with Gasteiger partial charge in [0.15, 0.2) is 0 Å². The van der Waals surface area contributed by atoms with Crippen molar-refractivity contribution in [2.45, 2.75) is 13.3 Å². The molecule has 6 heteroatoms. The second-order valence-corrected chi connectivity index (χ2v) is 6.09. The van der Waals surface area contributed by atoms with Gasteiger partial charge in [0.2, 0.25) is 5.95 Å². The van der Waals surface area contributed by atoms with E-state index in [1.807, 2.05) is 37.3 Å². The molecule has 0 spiro atoms. The fourth-order valence-electron chi connectivity index (χ4n) is 2.40. The standard InChI is InChI=1S/C19H18ClFN4/c1-13-11-18(22-10-9-14-5-7-15(20)8-6-14)25-19(23-13)24-17-4-2-3-16(21)12-17/h2-8,11-12H,9-10H2,1H3,(H2,22,23,24,25). The Balaban J connectivity index is 1.63. The van der Waals surface area contributed by atoms with Crippen LogP contribution < -0.4 is 10.6 Å². The van der Waals surface area contributed by atoms with Crippen LogP contribution >= 0.6 is 11.6 Å². The third-order valence-corrected chi connectivity index (χ3v) is 3.82. The Morgan fingerprint density at radius 1 is 1.04 bits per heavy atom. The molecule has 3 aromatic rings. The molecule has 4 nitrogen and oxygen atoms in total. The molecule has 1 aromatic heterocycles. The SMILES string of the molecule is Cc1cc(NCCc2ccc(Cl)cc2)nc(Nc2cccc(F)c2)n1. The molecular formula is C19H18ClFN4. The predicted molar refractivity (Wildman–Crippen MR) is 100 cm³/mol. The van der Waals surface area contributed by atoms with Crippen LogP contribution in [0.4, 0.5) is 21.8 Å². The Morgan fingerprint density at radius 2 is 1.84 bits per heavy atom. The zero-order valence-corrected chi connectivity index (χ0v) is 14.5. The van der Waals surface area contributed by atoms with Crippen molar-refractivity contribution in [2.75, 3.05) is 17.2 Å². The molecule has 25 heavy (non-hydrogen) atoms. The van der Waals surface area contributed by atoms with Crippen molar-refractivity contribution in [1.82, 2.24) is 9.97 Å². The smallest absolute Gasteiger partial charge is 0.229 e. The van der Waals surface area contributed by atoms with E-state index in [0.29, 0.717) is 11.6 Å². The summed E-state index contributed by atoms with van der Waals surface area (Å²) in [4.78, 5) is 8.76. The second-order valence-electron chi connectivity index (χ2n) is 5.66. The van der Waals surface area contributed by atoms with Crippen LogP contribution in [0.3, 0.4) is 0 Å². The highest BCUT2D eigenvalue weighted by Gasteiger charge is 2.04. The maximum Gasteiger partial charge on any atom is 0.229 e. The molecule has 0 atom stereocenters. The molecule has 1 heterocycles. The largest absolute Gasteiger partial charge is 0.370 e. The summed E-state index contributed by atoms with van der Waals surface area (Å²) >= 11 is 5.89. The maximum absolute atomic E-state index is 13.3. The van der Waals surface area contributed by atoms with Crippen LogP contribution in [0.5, 0.6) is 0 Å². The Kier molecular flexibility index (Phi) is 5.46. The van der Waals surface area contributed by atoms with Crippen LogP contribution in [0.2, 0.25) is 5.02 Å². The van der Waals surface area contributed by atoms with E-state index >= 15 is 0 Å².